The Labute approximate surface area is 111 Å². The lowest BCUT2D eigenvalue weighted by atomic mass is 10.1. The molecule has 0 radical (unpaired) electrons. The van der Waals surface area contributed by atoms with Gasteiger partial charge in [0, 0.05) is 6.04 Å². The van der Waals surface area contributed by atoms with E-state index >= 15 is 0 Å². The molecule has 0 aromatic heterocycles. The van der Waals surface area contributed by atoms with Crippen LogP contribution in [0.2, 0.25) is 0 Å². The molecule has 0 saturated carbocycles. The third kappa shape index (κ3) is 3.39. The second kappa shape index (κ2) is 5.50. The largest absolute Gasteiger partial charge is 0.323 e. The number of hydrogen-bond donors (Lipinski definition) is 1. The Morgan fingerprint density at radius 3 is 2.37 bits per heavy atom. The van der Waals surface area contributed by atoms with Crippen molar-refractivity contribution in [2.45, 2.75) is 10.9 Å². The van der Waals surface area contributed by atoms with Gasteiger partial charge in [-0.25, -0.2) is 12.8 Å². The highest BCUT2D eigenvalue weighted by Gasteiger charge is 2.20. The second-order valence-electron chi connectivity index (χ2n) is 4.26. The molecule has 0 saturated heterocycles. The molecule has 0 aliphatic carbocycles. The van der Waals surface area contributed by atoms with Gasteiger partial charge in [-0.3, -0.25) is 0 Å². The molecule has 0 amide bonds. The Morgan fingerprint density at radius 1 is 1.05 bits per heavy atom. The molecule has 5 heteroatoms. The maximum absolute atomic E-state index is 13.1. The van der Waals surface area contributed by atoms with Crippen LogP contribution in [-0.2, 0) is 9.84 Å². The highest BCUT2D eigenvalue weighted by molar-refractivity contribution is 7.91. The summed E-state index contributed by atoms with van der Waals surface area (Å²) in [6, 6.07) is 13.3. The van der Waals surface area contributed by atoms with E-state index in [9.17, 15) is 12.8 Å². The Morgan fingerprint density at radius 2 is 1.74 bits per heavy atom. The topological polar surface area (TPSA) is 60.2 Å². The smallest absolute Gasteiger partial charge is 0.180 e. The van der Waals surface area contributed by atoms with Crippen LogP contribution in [0.3, 0.4) is 0 Å². The SMILES string of the molecule is NC(CS(=O)(=O)c1cccc(F)c1)c1ccccc1. The van der Waals surface area contributed by atoms with Crippen molar-refractivity contribution in [2.24, 2.45) is 5.73 Å². The van der Waals surface area contributed by atoms with Crippen LogP contribution in [0.5, 0.6) is 0 Å². The number of sulfone groups is 1. The highest BCUT2D eigenvalue weighted by atomic mass is 32.2. The van der Waals surface area contributed by atoms with Crippen molar-refractivity contribution in [3.05, 3.63) is 66.0 Å². The van der Waals surface area contributed by atoms with Crippen molar-refractivity contribution in [2.75, 3.05) is 5.75 Å². The van der Waals surface area contributed by atoms with E-state index in [4.69, 9.17) is 5.73 Å². The minimum absolute atomic E-state index is 0.0427. The lowest BCUT2D eigenvalue weighted by molar-refractivity contribution is 0.584. The van der Waals surface area contributed by atoms with Gasteiger partial charge in [-0.05, 0) is 23.8 Å². The molecule has 2 aromatic rings. The molecular weight excluding hydrogens is 265 g/mol. The molecule has 0 aliphatic heterocycles. The third-order valence-corrected chi connectivity index (χ3v) is 4.55. The molecule has 1 atom stereocenters. The van der Waals surface area contributed by atoms with Gasteiger partial charge in [-0.2, -0.15) is 0 Å². The van der Waals surface area contributed by atoms with Crippen molar-refractivity contribution in [1.29, 1.82) is 0 Å². The lowest BCUT2D eigenvalue weighted by Crippen LogP contribution is -2.21. The van der Waals surface area contributed by atoms with Crippen LogP contribution >= 0.6 is 0 Å². The van der Waals surface area contributed by atoms with Gasteiger partial charge in [-0.15, -0.1) is 0 Å². The standard InChI is InChI=1S/C14H14FNO2S/c15-12-7-4-8-13(9-12)19(17,18)10-14(16)11-5-2-1-3-6-11/h1-9,14H,10,16H2. The van der Waals surface area contributed by atoms with E-state index in [1.54, 1.807) is 24.3 Å². The van der Waals surface area contributed by atoms with Crippen LogP contribution in [0.4, 0.5) is 4.39 Å². The van der Waals surface area contributed by atoms with Crippen molar-refractivity contribution >= 4 is 9.84 Å². The summed E-state index contributed by atoms with van der Waals surface area (Å²) < 4.78 is 37.3. The van der Waals surface area contributed by atoms with Crippen molar-refractivity contribution in [3.8, 4) is 0 Å². The third-order valence-electron chi connectivity index (χ3n) is 2.78. The fraction of sp³-hybridized carbons (Fsp3) is 0.143. The zero-order valence-corrected chi connectivity index (χ0v) is 11.0. The summed E-state index contributed by atoms with van der Waals surface area (Å²) in [4.78, 5) is -0.0427. The summed E-state index contributed by atoms with van der Waals surface area (Å²) in [6.07, 6.45) is 0. The van der Waals surface area contributed by atoms with E-state index in [-0.39, 0.29) is 10.6 Å². The van der Waals surface area contributed by atoms with Crippen LogP contribution in [-0.4, -0.2) is 14.2 Å². The van der Waals surface area contributed by atoms with Gasteiger partial charge in [0.25, 0.3) is 0 Å². The van der Waals surface area contributed by atoms with E-state index < -0.39 is 21.7 Å². The molecule has 0 heterocycles. The van der Waals surface area contributed by atoms with Crippen LogP contribution in [0.15, 0.2) is 59.5 Å². The minimum atomic E-state index is -3.60. The minimum Gasteiger partial charge on any atom is -0.323 e. The first-order chi connectivity index (χ1) is 8.99. The zero-order chi connectivity index (χ0) is 13.9. The molecule has 0 aliphatic rings. The first-order valence-corrected chi connectivity index (χ1v) is 7.43. The lowest BCUT2D eigenvalue weighted by Gasteiger charge is -2.12. The monoisotopic (exact) mass is 279 g/mol. The van der Waals surface area contributed by atoms with E-state index in [0.717, 1.165) is 11.6 Å². The molecule has 3 nitrogen and oxygen atoms in total. The zero-order valence-electron chi connectivity index (χ0n) is 10.2. The van der Waals surface area contributed by atoms with Crippen molar-refractivity contribution in [3.63, 3.8) is 0 Å². The molecule has 0 fully saturated rings. The summed E-state index contributed by atoms with van der Waals surface area (Å²) in [5.41, 5.74) is 6.62. The van der Waals surface area contributed by atoms with Gasteiger partial charge in [-0.1, -0.05) is 36.4 Å². The Kier molecular flexibility index (Phi) is 3.97. The molecule has 2 N–H and O–H groups in total. The van der Waals surface area contributed by atoms with Gasteiger partial charge in [0.2, 0.25) is 0 Å². The van der Waals surface area contributed by atoms with Gasteiger partial charge in [0.05, 0.1) is 10.6 Å². The number of hydrogen-bond acceptors (Lipinski definition) is 3. The first-order valence-electron chi connectivity index (χ1n) is 5.78. The quantitative estimate of drug-likeness (QED) is 0.934. The van der Waals surface area contributed by atoms with Gasteiger partial charge in [0.15, 0.2) is 9.84 Å². The Hall–Kier alpha value is -1.72. The molecule has 19 heavy (non-hydrogen) atoms. The fourth-order valence-corrected chi connectivity index (χ4v) is 3.23. The molecule has 2 aromatic carbocycles. The van der Waals surface area contributed by atoms with Crippen LogP contribution in [0.1, 0.15) is 11.6 Å². The van der Waals surface area contributed by atoms with Crippen molar-refractivity contribution in [1.82, 2.24) is 0 Å². The second-order valence-corrected chi connectivity index (χ2v) is 6.29. The number of rotatable bonds is 4. The predicted octanol–water partition coefficient (Wildman–Crippen LogP) is 2.30. The normalized spacial score (nSPS) is 13.2. The number of benzene rings is 2. The van der Waals surface area contributed by atoms with Gasteiger partial charge in [0.1, 0.15) is 5.82 Å². The molecule has 0 spiro atoms. The van der Waals surface area contributed by atoms with Gasteiger partial charge >= 0.3 is 0 Å². The maximum Gasteiger partial charge on any atom is 0.180 e. The highest BCUT2D eigenvalue weighted by Crippen LogP contribution is 2.18. The average molecular weight is 279 g/mol. The summed E-state index contributed by atoms with van der Waals surface area (Å²) >= 11 is 0. The summed E-state index contributed by atoms with van der Waals surface area (Å²) in [6.45, 7) is 0. The average Bonchev–Trinajstić information content (AvgIpc) is 2.39. The summed E-state index contributed by atoms with van der Waals surface area (Å²) in [5, 5.41) is 0. The number of nitrogens with two attached hydrogens (primary N) is 1. The van der Waals surface area contributed by atoms with E-state index in [1.165, 1.54) is 18.2 Å². The van der Waals surface area contributed by atoms with Crippen LogP contribution < -0.4 is 5.73 Å². The Bertz CT molecular complexity index is 656. The van der Waals surface area contributed by atoms with Crippen molar-refractivity contribution < 1.29 is 12.8 Å². The number of halogens is 1. The van der Waals surface area contributed by atoms with Crippen LogP contribution in [0, 0.1) is 5.82 Å². The van der Waals surface area contributed by atoms with Crippen LogP contribution in [0.25, 0.3) is 0 Å². The predicted molar refractivity (Wildman–Crippen MR) is 71.8 cm³/mol. The molecule has 1 unspecified atom stereocenters. The summed E-state index contributed by atoms with van der Waals surface area (Å²) in [7, 11) is -3.60. The van der Waals surface area contributed by atoms with E-state index in [1.807, 2.05) is 6.07 Å². The molecule has 0 bridgehead atoms. The fourth-order valence-electron chi connectivity index (χ4n) is 1.79. The maximum atomic E-state index is 13.1. The summed E-state index contributed by atoms with van der Waals surface area (Å²) in [5.74, 6) is -0.824. The molecular formula is C14H14FNO2S. The Balaban J connectivity index is 2.23. The van der Waals surface area contributed by atoms with E-state index in [2.05, 4.69) is 0 Å². The molecule has 100 valence electrons. The van der Waals surface area contributed by atoms with E-state index in [0.29, 0.717) is 0 Å². The molecule has 2 rings (SSSR count). The first kappa shape index (κ1) is 13.7. The van der Waals surface area contributed by atoms with Gasteiger partial charge < -0.3 is 5.73 Å².